The van der Waals surface area contributed by atoms with Crippen LogP contribution in [0.2, 0.25) is 0 Å². The zero-order valence-electron chi connectivity index (χ0n) is 11.2. The van der Waals surface area contributed by atoms with Gasteiger partial charge in [-0.15, -0.1) is 13.2 Å². The number of hydrazone groups is 1. The third-order valence-corrected chi connectivity index (χ3v) is 2.23. The second-order valence-electron chi connectivity index (χ2n) is 3.88. The smallest absolute Gasteiger partial charge is 0.406 e. The number of alkyl halides is 6. The average molecular weight is 350 g/mol. The van der Waals surface area contributed by atoms with Crippen molar-refractivity contribution in [2.24, 2.45) is 5.10 Å². The molecular formula is C12H4F6N4O2. The number of rotatable bonds is 4. The van der Waals surface area contributed by atoms with Crippen molar-refractivity contribution in [2.45, 2.75) is 12.5 Å². The summed E-state index contributed by atoms with van der Waals surface area (Å²) in [6, 6.07) is 4.06. The summed E-state index contributed by atoms with van der Waals surface area (Å²) in [4.78, 5) is 11.3. The van der Waals surface area contributed by atoms with Crippen LogP contribution in [0.1, 0.15) is 10.4 Å². The van der Waals surface area contributed by atoms with Crippen LogP contribution < -0.4 is 10.2 Å². The van der Waals surface area contributed by atoms with E-state index in [4.69, 9.17) is 10.5 Å². The minimum Gasteiger partial charge on any atom is -0.406 e. The first kappa shape index (κ1) is 18.8. The second kappa shape index (κ2) is 6.87. The molecule has 0 aliphatic rings. The lowest BCUT2D eigenvalue weighted by molar-refractivity contribution is -0.274. The van der Waals surface area contributed by atoms with Crippen molar-refractivity contribution in [2.75, 3.05) is 5.43 Å². The molecule has 0 heterocycles. The van der Waals surface area contributed by atoms with Crippen LogP contribution >= 0.6 is 0 Å². The molecule has 0 fully saturated rings. The van der Waals surface area contributed by atoms with Gasteiger partial charge in [0, 0.05) is 0 Å². The second-order valence-corrected chi connectivity index (χ2v) is 3.88. The predicted octanol–water partition coefficient (Wildman–Crippen LogP) is 3.15. The number of anilines is 1. The Morgan fingerprint density at radius 1 is 1.12 bits per heavy atom. The molecular weight excluding hydrogens is 346 g/mol. The number of ketones is 1. The number of halogens is 6. The lowest BCUT2D eigenvalue weighted by Gasteiger charge is -2.13. The summed E-state index contributed by atoms with van der Waals surface area (Å²) < 4.78 is 77.4. The number of nitriles is 2. The SMILES string of the molecule is N#CC(C#N)=NNc1ccc(OC(F)(F)F)cc1C(=O)C(F)(F)F. The predicted molar refractivity (Wildman–Crippen MR) is 65.8 cm³/mol. The lowest BCUT2D eigenvalue weighted by atomic mass is 10.1. The van der Waals surface area contributed by atoms with Gasteiger partial charge in [-0.25, -0.2) is 0 Å². The summed E-state index contributed by atoms with van der Waals surface area (Å²) in [5.41, 5.74) is -0.842. The van der Waals surface area contributed by atoms with E-state index in [9.17, 15) is 31.1 Å². The molecule has 0 atom stereocenters. The van der Waals surface area contributed by atoms with E-state index in [-0.39, 0.29) is 6.07 Å². The van der Waals surface area contributed by atoms with Crippen molar-refractivity contribution in [3.63, 3.8) is 0 Å². The summed E-state index contributed by atoms with van der Waals surface area (Å²) in [5, 5.41) is 20.0. The van der Waals surface area contributed by atoms with Crippen molar-refractivity contribution in [1.82, 2.24) is 0 Å². The summed E-state index contributed by atoms with van der Waals surface area (Å²) >= 11 is 0. The number of ether oxygens (including phenoxy) is 1. The number of nitrogens with one attached hydrogen (secondary N) is 1. The third-order valence-electron chi connectivity index (χ3n) is 2.23. The van der Waals surface area contributed by atoms with Gasteiger partial charge in [0.05, 0.1) is 11.3 Å². The Kier molecular flexibility index (Phi) is 5.37. The normalized spacial score (nSPS) is 11.0. The van der Waals surface area contributed by atoms with Crippen LogP contribution in [0.4, 0.5) is 32.0 Å². The van der Waals surface area contributed by atoms with Crippen LogP contribution in [-0.4, -0.2) is 24.0 Å². The molecule has 126 valence electrons. The van der Waals surface area contributed by atoms with Crippen molar-refractivity contribution in [3.8, 4) is 17.9 Å². The van der Waals surface area contributed by atoms with Gasteiger partial charge in [0.25, 0.3) is 5.78 Å². The highest BCUT2D eigenvalue weighted by atomic mass is 19.4. The van der Waals surface area contributed by atoms with Gasteiger partial charge >= 0.3 is 12.5 Å². The van der Waals surface area contributed by atoms with E-state index >= 15 is 0 Å². The van der Waals surface area contributed by atoms with E-state index in [0.29, 0.717) is 12.1 Å². The minimum absolute atomic E-state index is 0.208. The Morgan fingerprint density at radius 2 is 1.71 bits per heavy atom. The number of nitrogens with zero attached hydrogens (tertiary/aromatic N) is 3. The van der Waals surface area contributed by atoms with E-state index in [1.165, 1.54) is 12.1 Å². The molecule has 0 amide bonds. The quantitative estimate of drug-likeness (QED) is 0.389. The zero-order valence-corrected chi connectivity index (χ0v) is 11.2. The molecule has 1 N–H and O–H groups in total. The maximum absolute atomic E-state index is 12.5. The van der Waals surface area contributed by atoms with Gasteiger partial charge in [-0.05, 0) is 18.2 Å². The lowest BCUT2D eigenvalue weighted by Crippen LogP contribution is -2.24. The van der Waals surface area contributed by atoms with Gasteiger partial charge in [0.1, 0.15) is 17.9 Å². The molecule has 12 heteroatoms. The largest absolute Gasteiger partial charge is 0.573 e. The molecule has 0 saturated carbocycles. The molecule has 0 radical (unpaired) electrons. The Morgan fingerprint density at radius 3 is 2.17 bits per heavy atom. The van der Waals surface area contributed by atoms with E-state index in [1.54, 1.807) is 0 Å². The van der Waals surface area contributed by atoms with E-state index < -0.39 is 41.0 Å². The van der Waals surface area contributed by atoms with Gasteiger partial charge in [0.15, 0.2) is 0 Å². The standard InChI is InChI=1S/C12H4F6N4O2/c13-11(14,15)10(23)8-3-7(24-12(16,17)18)1-2-9(8)22-21-6(4-19)5-20/h1-3,22H. The fourth-order valence-corrected chi connectivity index (χ4v) is 1.35. The molecule has 0 unspecified atom stereocenters. The number of hydrogen-bond acceptors (Lipinski definition) is 6. The molecule has 6 nitrogen and oxygen atoms in total. The van der Waals surface area contributed by atoms with Crippen molar-refractivity contribution < 1.29 is 35.9 Å². The Labute approximate surface area is 129 Å². The van der Waals surface area contributed by atoms with E-state index in [2.05, 4.69) is 9.84 Å². The number of carbonyl (C=O) groups excluding carboxylic acids is 1. The van der Waals surface area contributed by atoms with Crippen LogP contribution in [-0.2, 0) is 0 Å². The van der Waals surface area contributed by atoms with Gasteiger partial charge in [-0.2, -0.15) is 28.8 Å². The van der Waals surface area contributed by atoms with Gasteiger partial charge in [-0.3, -0.25) is 10.2 Å². The first-order valence-electron chi connectivity index (χ1n) is 5.63. The van der Waals surface area contributed by atoms with E-state index in [1.807, 2.05) is 5.43 Å². The summed E-state index contributed by atoms with van der Waals surface area (Å²) in [5.74, 6) is -3.53. The molecule has 0 saturated heterocycles. The molecule has 24 heavy (non-hydrogen) atoms. The van der Waals surface area contributed by atoms with Crippen molar-refractivity contribution in [1.29, 1.82) is 10.5 Å². The first-order valence-corrected chi connectivity index (χ1v) is 5.63. The summed E-state index contributed by atoms with van der Waals surface area (Å²) in [6.45, 7) is 0. The third kappa shape index (κ3) is 5.17. The number of benzene rings is 1. The van der Waals surface area contributed by atoms with Gasteiger partial charge < -0.3 is 4.74 Å². The minimum atomic E-state index is -5.38. The van der Waals surface area contributed by atoms with Crippen LogP contribution in [0.15, 0.2) is 23.3 Å². The molecule has 0 bridgehead atoms. The first-order chi connectivity index (χ1) is 11.0. The molecule has 1 rings (SSSR count). The average Bonchev–Trinajstić information content (AvgIpc) is 2.46. The fraction of sp³-hybridized carbons (Fsp3) is 0.167. The Balaban J connectivity index is 3.33. The van der Waals surface area contributed by atoms with E-state index in [0.717, 1.165) is 0 Å². The maximum Gasteiger partial charge on any atom is 0.573 e. The maximum atomic E-state index is 12.5. The molecule has 1 aromatic carbocycles. The molecule has 0 aliphatic heterocycles. The topological polar surface area (TPSA) is 98.3 Å². The molecule has 0 aliphatic carbocycles. The van der Waals surface area contributed by atoms with Gasteiger partial charge in [-0.1, -0.05) is 0 Å². The summed E-state index contributed by atoms with van der Waals surface area (Å²) in [6.07, 6.45) is -10.6. The molecule has 0 spiro atoms. The van der Waals surface area contributed by atoms with Crippen LogP contribution in [0.5, 0.6) is 5.75 Å². The monoisotopic (exact) mass is 350 g/mol. The molecule has 1 aromatic rings. The number of hydrogen-bond donors (Lipinski definition) is 1. The highest BCUT2D eigenvalue weighted by molar-refractivity contribution is 6.11. The Bertz CT molecular complexity index is 739. The highest BCUT2D eigenvalue weighted by Crippen LogP contribution is 2.31. The van der Waals surface area contributed by atoms with Crippen LogP contribution in [0.25, 0.3) is 0 Å². The zero-order chi connectivity index (χ0) is 18.5. The highest BCUT2D eigenvalue weighted by Gasteiger charge is 2.41. The fourth-order valence-electron chi connectivity index (χ4n) is 1.35. The van der Waals surface area contributed by atoms with Gasteiger partial charge in [0.2, 0.25) is 5.71 Å². The van der Waals surface area contributed by atoms with Crippen molar-refractivity contribution in [3.05, 3.63) is 23.8 Å². The molecule has 0 aromatic heterocycles. The van der Waals surface area contributed by atoms with Crippen molar-refractivity contribution >= 4 is 17.2 Å². The van der Waals surface area contributed by atoms with Crippen LogP contribution in [0, 0.1) is 22.7 Å². The summed E-state index contributed by atoms with van der Waals surface area (Å²) in [7, 11) is 0. The Hall–Kier alpha value is -3.28. The number of carbonyl (C=O) groups is 1. The number of Topliss-reactive ketones (excluding diaryl/α,β-unsaturated/α-hetero) is 1. The van der Waals surface area contributed by atoms with Crippen LogP contribution in [0.3, 0.4) is 0 Å².